The molecule has 4 rings (SSSR count). The molecule has 0 aromatic heterocycles. The highest BCUT2D eigenvalue weighted by molar-refractivity contribution is 8.03. The molecule has 2 amide bonds. The molecule has 3 N–H and O–H groups in total. The zero-order chi connectivity index (χ0) is 27.8. The quantitative estimate of drug-likeness (QED) is 0.279. The number of para-hydroxylation sites is 2. The first kappa shape index (κ1) is 27.8. The molecule has 0 aliphatic carbocycles. The lowest BCUT2D eigenvalue weighted by Gasteiger charge is -2.30. The molecule has 0 saturated carbocycles. The van der Waals surface area contributed by atoms with Crippen LogP contribution in [0.4, 0.5) is 11.4 Å². The molecule has 1 heterocycles. The topological polar surface area (TPSA) is 103 Å². The molecule has 1 atom stereocenters. The number of carbonyl (C=O) groups is 2. The number of thioether (sulfide) groups is 1. The molecule has 0 saturated heterocycles. The maximum atomic E-state index is 13.6. The molecule has 0 radical (unpaired) electrons. The summed E-state index contributed by atoms with van der Waals surface area (Å²) < 4.78 is 5.89. The van der Waals surface area contributed by atoms with Crippen molar-refractivity contribution < 1.29 is 14.3 Å². The number of nitrogens with zero attached hydrogens (tertiary/aromatic N) is 1. The van der Waals surface area contributed by atoms with Gasteiger partial charge in [0.2, 0.25) is 5.91 Å². The van der Waals surface area contributed by atoms with Crippen molar-refractivity contribution in [2.75, 3.05) is 23.0 Å². The van der Waals surface area contributed by atoms with Crippen LogP contribution in [0.5, 0.6) is 5.75 Å². The van der Waals surface area contributed by atoms with Gasteiger partial charge >= 0.3 is 0 Å². The largest absolute Gasteiger partial charge is 0.494 e. The summed E-state index contributed by atoms with van der Waals surface area (Å²) in [6.45, 7) is 4.09. The third-order valence-electron chi connectivity index (χ3n) is 5.91. The standard InChI is InChI=1S/C30H27ClN4O3S/c1-3-38-25-15-8-7-14-23(25)28-24(17-32)30(39-18-26(36)34-22-13-9-10-20(31)16-22)33-19(2)27(28)29(37)35-21-11-5-4-6-12-21/h4-16,28,33H,3,18H2,1-2H3,(H,34,36)(H,35,37)/t28-/m0/s1. The minimum absolute atomic E-state index is 0.0404. The molecule has 198 valence electrons. The van der Waals surface area contributed by atoms with E-state index in [2.05, 4.69) is 22.0 Å². The summed E-state index contributed by atoms with van der Waals surface area (Å²) in [7, 11) is 0. The maximum absolute atomic E-state index is 13.6. The van der Waals surface area contributed by atoms with E-state index in [0.717, 1.165) is 0 Å². The number of amides is 2. The van der Waals surface area contributed by atoms with E-state index < -0.39 is 5.92 Å². The van der Waals surface area contributed by atoms with Crippen LogP contribution in [-0.2, 0) is 9.59 Å². The molecule has 0 fully saturated rings. The minimum Gasteiger partial charge on any atom is -0.494 e. The van der Waals surface area contributed by atoms with E-state index in [1.165, 1.54) is 11.8 Å². The summed E-state index contributed by atoms with van der Waals surface area (Å²) in [4.78, 5) is 26.3. The van der Waals surface area contributed by atoms with E-state index in [1.807, 2.05) is 49.4 Å². The SMILES string of the molecule is CCOc1ccccc1[C@H]1C(C#N)=C(SCC(=O)Nc2cccc(Cl)c2)NC(C)=C1C(=O)Nc1ccccc1. The van der Waals surface area contributed by atoms with E-state index in [0.29, 0.717) is 56.2 Å². The fourth-order valence-corrected chi connectivity index (χ4v) is 5.35. The normalized spacial score (nSPS) is 14.8. The summed E-state index contributed by atoms with van der Waals surface area (Å²) in [5.74, 6) is -0.673. The molecule has 0 spiro atoms. The van der Waals surface area contributed by atoms with Crippen LogP contribution in [0.3, 0.4) is 0 Å². The molecule has 39 heavy (non-hydrogen) atoms. The van der Waals surface area contributed by atoms with Gasteiger partial charge in [-0.1, -0.05) is 65.8 Å². The summed E-state index contributed by atoms with van der Waals surface area (Å²) in [5, 5.41) is 20.3. The first-order chi connectivity index (χ1) is 18.9. The monoisotopic (exact) mass is 558 g/mol. The van der Waals surface area contributed by atoms with Crippen molar-refractivity contribution in [2.24, 2.45) is 0 Å². The Morgan fingerprint density at radius 2 is 1.74 bits per heavy atom. The molecule has 1 aliphatic heterocycles. The second kappa shape index (κ2) is 13.1. The Kier molecular flexibility index (Phi) is 9.31. The molecule has 0 unspecified atom stereocenters. The summed E-state index contributed by atoms with van der Waals surface area (Å²) in [6.07, 6.45) is 0. The van der Waals surface area contributed by atoms with Crippen molar-refractivity contribution in [2.45, 2.75) is 19.8 Å². The Labute approximate surface area is 236 Å². The number of allylic oxidation sites excluding steroid dienone is 2. The first-order valence-electron chi connectivity index (χ1n) is 12.3. The van der Waals surface area contributed by atoms with Gasteiger partial charge in [-0.15, -0.1) is 0 Å². The average molecular weight is 559 g/mol. The zero-order valence-electron chi connectivity index (χ0n) is 21.5. The summed E-state index contributed by atoms with van der Waals surface area (Å²) in [5.41, 5.74) is 3.22. The Bertz CT molecular complexity index is 1480. The van der Waals surface area contributed by atoms with Crippen molar-refractivity contribution in [3.63, 3.8) is 0 Å². The van der Waals surface area contributed by atoms with E-state index in [4.69, 9.17) is 16.3 Å². The van der Waals surface area contributed by atoms with Crippen LogP contribution in [0.15, 0.2) is 101 Å². The van der Waals surface area contributed by atoms with Crippen LogP contribution in [0.25, 0.3) is 0 Å². The number of hydrogen-bond acceptors (Lipinski definition) is 6. The molecule has 0 bridgehead atoms. The molecule has 3 aromatic rings. The zero-order valence-corrected chi connectivity index (χ0v) is 23.0. The van der Waals surface area contributed by atoms with Crippen molar-refractivity contribution in [1.29, 1.82) is 5.26 Å². The lowest BCUT2D eigenvalue weighted by Crippen LogP contribution is -2.31. The van der Waals surface area contributed by atoms with Crippen molar-refractivity contribution in [3.8, 4) is 11.8 Å². The highest BCUT2D eigenvalue weighted by Gasteiger charge is 2.36. The van der Waals surface area contributed by atoms with Gasteiger partial charge in [-0.3, -0.25) is 9.59 Å². The molecule has 9 heteroatoms. The number of nitrogens with one attached hydrogen (secondary N) is 3. The lowest BCUT2D eigenvalue weighted by molar-refractivity contribution is -0.114. The Morgan fingerprint density at radius 1 is 1.03 bits per heavy atom. The summed E-state index contributed by atoms with van der Waals surface area (Å²) >= 11 is 7.22. The molecule has 7 nitrogen and oxygen atoms in total. The first-order valence-corrected chi connectivity index (χ1v) is 13.7. The average Bonchev–Trinajstić information content (AvgIpc) is 2.92. The van der Waals surface area contributed by atoms with Crippen LogP contribution in [0.1, 0.15) is 25.3 Å². The van der Waals surface area contributed by atoms with Crippen molar-refractivity contribution in [3.05, 3.63) is 111 Å². The summed E-state index contributed by atoms with van der Waals surface area (Å²) in [6, 6.07) is 25.7. The number of nitriles is 1. The second-order valence-corrected chi connectivity index (χ2v) is 10.0. The number of halogens is 1. The number of rotatable bonds is 9. The lowest BCUT2D eigenvalue weighted by atomic mass is 9.81. The van der Waals surface area contributed by atoms with Crippen LogP contribution >= 0.6 is 23.4 Å². The van der Waals surface area contributed by atoms with E-state index in [-0.39, 0.29) is 17.6 Å². The van der Waals surface area contributed by atoms with Crippen LogP contribution in [-0.4, -0.2) is 24.2 Å². The van der Waals surface area contributed by atoms with Gasteiger partial charge in [-0.2, -0.15) is 5.26 Å². The smallest absolute Gasteiger partial charge is 0.254 e. The minimum atomic E-state index is -0.707. The molecule has 3 aromatic carbocycles. The number of hydrogen-bond donors (Lipinski definition) is 3. The van der Waals surface area contributed by atoms with Gasteiger partial charge in [0.25, 0.3) is 5.91 Å². The van der Waals surface area contributed by atoms with Gasteiger partial charge in [0.1, 0.15) is 5.75 Å². The highest BCUT2D eigenvalue weighted by Crippen LogP contribution is 2.44. The van der Waals surface area contributed by atoms with E-state index in [9.17, 15) is 14.9 Å². The fraction of sp³-hybridized carbons (Fsp3) is 0.167. The van der Waals surface area contributed by atoms with Gasteiger partial charge in [0.15, 0.2) is 0 Å². The third kappa shape index (κ3) is 6.82. The van der Waals surface area contributed by atoms with Gasteiger partial charge < -0.3 is 20.7 Å². The number of anilines is 2. The Morgan fingerprint density at radius 3 is 2.46 bits per heavy atom. The van der Waals surface area contributed by atoms with Crippen LogP contribution in [0.2, 0.25) is 5.02 Å². The predicted molar refractivity (Wildman–Crippen MR) is 156 cm³/mol. The van der Waals surface area contributed by atoms with Crippen molar-refractivity contribution >= 4 is 46.6 Å². The molecular weight excluding hydrogens is 532 g/mol. The van der Waals surface area contributed by atoms with Crippen LogP contribution < -0.4 is 20.7 Å². The highest BCUT2D eigenvalue weighted by atomic mass is 35.5. The number of dihydropyridines is 1. The second-order valence-electron chi connectivity index (χ2n) is 8.59. The van der Waals surface area contributed by atoms with Gasteiger partial charge in [0, 0.05) is 33.2 Å². The Balaban J connectivity index is 1.68. The van der Waals surface area contributed by atoms with Gasteiger partial charge in [-0.25, -0.2) is 0 Å². The maximum Gasteiger partial charge on any atom is 0.254 e. The van der Waals surface area contributed by atoms with Gasteiger partial charge in [0.05, 0.1) is 34.9 Å². The van der Waals surface area contributed by atoms with Crippen LogP contribution in [0, 0.1) is 11.3 Å². The van der Waals surface area contributed by atoms with E-state index in [1.54, 1.807) is 43.3 Å². The predicted octanol–water partition coefficient (Wildman–Crippen LogP) is 6.45. The van der Waals surface area contributed by atoms with E-state index >= 15 is 0 Å². The number of benzene rings is 3. The van der Waals surface area contributed by atoms with Crippen molar-refractivity contribution in [1.82, 2.24) is 5.32 Å². The molecular formula is C30H27ClN4O3S. The fourth-order valence-electron chi connectivity index (χ4n) is 4.27. The number of carbonyl (C=O) groups excluding carboxylic acids is 2. The molecule has 1 aliphatic rings. The Hall–Kier alpha value is -4.19. The van der Waals surface area contributed by atoms with Gasteiger partial charge in [-0.05, 0) is 50.2 Å². The third-order valence-corrected chi connectivity index (χ3v) is 7.16. The number of ether oxygens (including phenoxy) is 1.